The first-order valence-corrected chi connectivity index (χ1v) is 14.0. The van der Waals surface area contributed by atoms with Crippen LogP contribution in [0.25, 0.3) is 21.6 Å². The first kappa shape index (κ1) is 27.5. The van der Waals surface area contributed by atoms with Crippen LogP contribution in [0.3, 0.4) is 0 Å². The lowest BCUT2D eigenvalue weighted by molar-refractivity contribution is 0.0476. The van der Waals surface area contributed by atoms with Gasteiger partial charge < -0.3 is 15.0 Å². The summed E-state index contributed by atoms with van der Waals surface area (Å²) < 4.78 is 5.36. The van der Waals surface area contributed by atoms with Gasteiger partial charge in [-0.15, -0.1) is 0 Å². The molecule has 3 aliphatic rings. The number of ether oxygens (including phenoxy) is 1. The molecule has 0 heterocycles. The molecule has 2 aromatic rings. The van der Waals surface area contributed by atoms with E-state index in [4.69, 9.17) is 15.7 Å². The summed E-state index contributed by atoms with van der Waals surface area (Å²) >= 11 is 0. The number of carbonyl (C=O) groups excluding carboxylic acids is 2. The van der Waals surface area contributed by atoms with E-state index in [2.05, 4.69) is 51.7 Å². The molecule has 2 amide bonds. The van der Waals surface area contributed by atoms with E-state index in [-0.39, 0.29) is 24.5 Å². The number of nitrogens with zero attached hydrogens (tertiary/aromatic N) is 4. The van der Waals surface area contributed by atoms with Gasteiger partial charge in [-0.1, -0.05) is 41.5 Å². The standard InChI is InChI=1S/C31H36N6O3/c1-31(2,19-35-36-33)40-30(39)34-18-23-17-25(15-16-28(23)32)37(24-13-14-24)29(38)22-11-9-21(10-12-22)27-6-4-3-5-26(27)20-7-8-20/h3-6,9-12,18,20,24-25,32H,7-8,13-17,19H2,1-2H3,(H,34,39)/b23-18-,32-28?. The van der Waals surface area contributed by atoms with Crippen LogP contribution in [0.1, 0.15) is 80.6 Å². The number of hydrogen-bond donors (Lipinski definition) is 2. The van der Waals surface area contributed by atoms with Gasteiger partial charge in [-0.05, 0) is 105 Å². The Morgan fingerprint density at radius 2 is 1.82 bits per heavy atom. The largest absolute Gasteiger partial charge is 0.443 e. The summed E-state index contributed by atoms with van der Waals surface area (Å²) in [5.74, 6) is 0.671. The Morgan fingerprint density at radius 1 is 1.10 bits per heavy atom. The van der Waals surface area contributed by atoms with Crippen molar-refractivity contribution in [2.24, 2.45) is 5.11 Å². The average molecular weight is 541 g/mol. The second-order valence-corrected chi connectivity index (χ2v) is 11.6. The van der Waals surface area contributed by atoms with E-state index < -0.39 is 11.7 Å². The van der Waals surface area contributed by atoms with Crippen molar-refractivity contribution >= 4 is 17.7 Å². The number of rotatable bonds is 9. The summed E-state index contributed by atoms with van der Waals surface area (Å²) in [6, 6.07) is 16.7. The first-order valence-electron chi connectivity index (χ1n) is 14.0. The summed E-state index contributed by atoms with van der Waals surface area (Å²) in [6.45, 7) is 3.33. The van der Waals surface area contributed by atoms with E-state index in [1.807, 2.05) is 17.0 Å². The van der Waals surface area contributed by atoms with Crippen molar-refractivity contribution in [3.63, 3.8) is 0 Å². The van der Waals surface area contributed by atoms with Crippen LogP contribution < -0.4 is 5.32 Å². The van der Waals surface area contributed by atoms with E-state index in [0.717, 1.165) is 24.8 Å². The maximum atomic E-state index is 13.8. The number of benzene rings is 2. The van der Waals surface area contributed by atoms with E-state index >= 15 is 0 Å². The van der Waals surface area contributed by atoms with E-state index in [0.29, 0.717) is 35.6 Å². The normalized spacial score (nSPS) is 20.0. The maximum Gasteiger partial charge on any atom is 0.411 e. The van der Waals surface area contributed by atoms with Gasteiger partial charge in [-0.2, -0.15) is 0 Å². The van der Waals surface area contributed by atoms with Crippen molar-refractivity contribution in [3.05, 3.63) is 81.9 Å². The molecule has 9 heteroatoms. The number of nitrogens with one attached hydrogen (secondary N) is 2. The Kier molecular flexibility index (Phi) is 7.94. The minimum atomic E-state index is -0.956. The molecule has 0 spiro atoms. The van der Waals surface area contributed by atoms with Crippen molar-refractivity contribution in [3.8, 4) is 11.1 Å². The summed E-state index contributed by atoms with van der Waals surface area (Å²) in [7, 11) is 0. The van der Waals surface area contributed by atoms with Gasteiger partial charge in [-0.3, -0.25) is 10.1 Å². The molecule has 0 aromatic heterocycles. The fourth-order valence-electron chi connectivity index (χ4n) is 5.43. The molecule has 208 valence electrons. The fraction of sp³-hybridized carbons (Fsp3) is 0.452. The Labute approximate surface area is 234 Å². The summed E-state index contributed by atoms with van der Waals surface area (Å²) in [6.07, 6.45) is 7.03. The smallest absolute Gasteiger partial charge is 0.411 e. The van der Waals surface area contributed by atoms with Crippen LogP contribution in [0.15, 0.2) is 65.4 Å². The van der Waals surface area contributed by atoms with Gasteiger partial charge in [0, 0.05) is 34.5 Å². The van der Waals surface area contributed by atoms with Crippen LogP contribution in [-0.2, 0) is 4.74 Å². The lowest BCUT2D eigenvalue weighted by atomic mass is 9.88. The lowest BCUT2D eigenvalue weighted by Gasteiger charge is -2.36. The van der Waals surface area contributed by atoms with Gasteiger partial charge in [0.1, 0.15) is 5.60 Å². The van der Waals surface area contributed by atoms with Gasteiger partial charge in [0.2, 0.25) is 0 Å². The van der Waals surface area contributed by atoms with Gasteiger partial charge in [0.15, 0.2) is 0 Å². The zero-order chi connectivity index (χ0) is 28.3. The van der Waals surface area contributed by atoms with E-state index in [9.17, 15) is 9.59 Å². The highest BCUT2D eigenvalue weighted by molar-refractivity contribution is 6.00. The van der Waals surface area contributed by atoms with Gasteiger partial charge in [0.05, 0.1) is 6.54 Å². The molecule has 3 saturated carbocycles. The topological polar surface area (TPSA) is 131 Å². The average Bonchev–Trinajstić information content (AvgIpc) is 3.87. The van der Waals surface area contributed by atoms with Crippen LogP contribution in [0.5, 0.6) is 0 Å². The van der Waals surface area contributed by atoms with Gasteiger partial charge in [0.25, 0.3) is 5.91 Å². The minimum absolute atomic E-state index is 0.0118. The number of carbonyl (C=O) groups is 2. The second kappa shape index (κ2) is 11.6. The third-order valence-electron chi connectivity index (χ3n) is 7.81. The van der Waals surface area contributed by atoms with E-state index in [1.54, 1.807) is 13.8 Å². The van der Waals surface area contributed by atoms with Crippen LogP contribution in [-0.4, -0.2) is 46.8 Å². The van der Waals surface area contributed by atoms with E-state index in [1.165, 1.54) is 30.2 Å². The van der Waals surface area contributed by atoms with Crippen molar-refractivity contribution in [2.45, 2.75) is 82.4 Å². The highest BCUT2D eigenvalue weighted by Gasteiger charge is 2.39. The van der Waals surface area contributed by atoms with Crippen molar-refractivity contribution in [2.75, 3.05) is 6.54 Å². The maximum absolute atomic E-state index is 13.8. The quantitative estimate of drug-likeness (QED) is 0.200. The van der Waals surface area contributed by atoms with Crippen LogP contribution in [0.4, 0.5) is 4.79 Å². The molecule has 2 N–H and O–H groups in total. The third-order valence-corrected chi connectivity index (χ3v) is 7.81. The second-order valence-electron chi connectivity index (χ2n) is 11.6. The number of hydrogen-bond acceptors (Lipinski definition) is 5. The molecular formula is C31H36N6O3. The van der Waals surface area contributed by atoms with Crippen molar-refractivity contribution < 1.29 is 14.3 Å². The molecule has 5 rings (SSSR count). The molecule has 1 atom stereocenters. The molecule has 40 heavy (non-hydrogen) atoms. The molecule has 0 aliphatic heterocycles. The molecule has 1 unspecified atom stereocenters. The lowest BCUT2D eigenvalue weighted by Crippen LogP contribution is -2.44. The summed E-state index contributed by atoms with van der Waals surface area (Å²) in [5, 5.41) is 14.5. The van der Waals surface area contributed by atoms with Crippen LogP contribution >= 0.6 is 0 Å². The third kappa shape index (κ3) is 6.54. The molecular weight excluding hydrogens is 504 g/mol. The Bertz CT molecular complexity index is 1370. The number of alkyl carbamates (subject to hydrolysis) is 1. The minimum Gasteiger partial charge on any atom is -0.443 e. The SMILES string of the molecule is CC(C)(CN=[N+]=[N-])OC(=O)N/C=C1/CC(N(C(=O)c2ccc(-c3ccccc3C3CC3)cc2)C2CC2)CCC1=N. The predicted molar refractivity (Wildman–Crippen MR) is 154 cm³/mol. The molecule has 0 bridgehead atoms. The molecule has 3 fully saturated rings. The molecule has 3 aliphatic carbocycles. The summed E-state index contributed by atoms with van der Waals surface area (Å²) in [4.78, 5) is 30.8. The number of azide groups is 1. The molecule has 2 aromatic carbocycles. The van der Waals surface area contributed by atoms with Crippen LogP contribution in [0.2, 0.25) is 0 Å². The van der Waals surface area contributed by atoms with Crippen LogP contribution in [0, 0.1) is 5.41 Å². The highest BCUT2D eigenvalue weighted by Crippen LogP contribution is 2.44. The van der Waals surface area contributed by atoms with Crippen molar-refractivity contribution in [1.29, 1.82) is 5.41 Å². The highest BCUT2D eigenvalue weighted by atomic mass is 16.6. The number of amides is 2. The molecule has 9 nitrogen and oxygen atoms in total. The Morgan fingerprint density at radius 3 is 2.50 bits per heavy atom. The fourth-order valence-corrected chi connectivity index (χ4v) is 5.43. The zero-order valence-electron chi connectivity index (χ0n) is 23.1. The zero-order valence-corrected chi connectivity index (χ0v) is 23.1. The molecule has 0 radical (unpaired) electrons. The monoisotopic (exact) mass is 540 g/mol. The van der Waals surface area contributed by atoms with Crippen molar-refractivity contribution in [1.82, 2.24) is 10.2 Å². The van der Waals surface area contributed by atoms with Gasteiger partial charge >= 0.3 is 6.09 Å². The summed E-state index contributed by atoms with van der Waals surface area (Å²) in [5.41, 5.74) is 13.1. The Balaban J connectivity index is 1.27. The Hall–Kier alpha value is -4.10. The predicted octanol–water partition coefficient (Wildman–Crippen LogP) is 7.11. The first-order chi connectivity index (χ1) is 19.3. The molecule has 0 saturated heterocycles. The van der Waals surface area contributed by atoms with Gasteiger partial charge in [-0.25, -0.2) is 4.79 Å².